The number of nitrogens with one attached hydrogen (secondary N) is 1. The summed E-state index contributed by atoms with van der Waals surface area (Å²) in [5.41, 5.74) is 0. The van der Waals surface area contributed by atoms with E-state index in [1.807, 2.05) is 6.08 Å². The summed E-state index contributed by atoms with van der Waals surface area (Å²) in [6.45, 7) is 4.28. The summed E-state index contributed by atoms with van der Waals surface area (Å²) in [5, 5.41) is 54.1. The number of esters is 1. The second-order valence-corrected chi connectivity index (χ2v) is 21.1. The Labute approximate surface area is 435 Å². The predicted octanol–water partition coefficient (Wildman–Crippen LogP) is 13.7. The van der Waals surface area contributed by atoms with E-state index in [-0.39, 0.29) is 18.5 Å². The molecule has 0 bridgehead atoms. The molecule has 11 heteroatoms. The summed E-state index contributed by atoms with van der Waals surface area (Å²) >= 11 is 0. The highest BCUT2D eigenvalue weighted by molar-refractivity contribution is 5.76. The predicted molar refractivity (Wildman–Crippen MR) is 292 cm³/mol. The van der Waals surface area contributed by atoms with Gasteiger partial charge in [0.1, 0.15) is 24.4 Å². The van der Waals surface area contributed by atoms with Gasteiger partial charge in [-0.25, -0.2) is 0 Å². The Bertz CT molecular complexity index is 1230. The van der Waals surface area contributed by atoms with E-state index in [0.717, 1.165) is 57.8 Å². The maximum atomic E-state index is 13.0. The van der Waals surface area contributed by atoms with E-state index < -0.39 is 49.5 Å². The fourth-order valence-corrected chi connectivity index (χ4v) is 9.51. The minimum atomic E-state index is -1.57. The van der Waals surface area contributed by atoms with Crippen molar-refractivity contribution in [3.05, 3.63) is 24.3 Å². The number of hydrogen-bond donors (Lipinski definition) is 6. The van der Waals surface area contributed by atoms with Crippen LogP contribution in [-0.2, 0) is 23.8 Å². The van der Waals surface area contributed by atoms with Gasteiger partial charge in [-0.1, -0.05) is 250 Å². The molecule has 7 atom stereocenters. The zero-order valence-electron chi connectivity index (χ0n) is 45.9. The first-order chi connectivity index (χ1) is 34.7. The lowest BCUT2D eigenvalue weighted by atomic mass is 9.99. The van der Waals surface area contributed by atoms with Gasteiger partial charge in [0.15, 0.2) is 6.29 Å². The highest BCUT2D eigenvalue weighted by atomic mass is 16.7. The number of aliphatic hydroxyl groups is 5. The number of carbonyl (C=O) groups excluding carboxylic acids is 2. The number of hydrogen-bond acceptors (Lipinski definition) is 10. The number of rotatable bonds is 52. The van der Waals surface area contributed by atoms with Crippen LogP contribution >= 0.6 is 0 Å². The molecule has 0 radical (unpaired) electrons. The van der Waals surface area contributed by atoms with Crippen LogP contribution in [0.15, 0.2) is 24.3 Å². The quantitative estimate of drug-likeness (QED) is 0.0195. The van der Waals surface area contributed by atoms with E-state index >= 15 is 0 Å². The van der Waals surface area contributed by atoms with Gasteiger partial charge in [-0.3, -0.25) is 9.59 Å². The van der Waals surface area contributed by atoms with Gasteiger partial charge >= 0.3 is 5.97 Å². The molecule has 6 N–H and O–H groups in total. The van der Waals surface area contributed by atoms with Crippen LogP contribution in [0.5, 0.6) is 0 Å². The van der Waals surface area contributed by atoms with E-state index in [0.29, 0.717) is 19.4 Å². The zero-order chi connectivity index (χ0) is 51.7. The maximum Gasteiger partial charge on any atom is 0.305 e. The third-order valence-corrected chi connectivity index (χ3v) is 14.3. The average Bonchev–Trinajstić information content (AvgIpc) is 3.37. The monoisotopic (exact) mass is 1010 g/mol. The number of carbonyl (C=O) groups is 2. The van der Waals surface area contributed by atoms with E-state index in [1.165, 1.54) is 199 Å². The van der Waals surface area contributed by atoms with Crippen LogP contribution in [0.3, 0.4) is 0 Å². The second-order valence-electron chi connectivity index (χ2n) is 21.1. The van der Waals surface area contributed by atoms with Crippen molar-refractivity contribution in [2.45, 2.75) is 326 Å². The largest absolute Gasteiger partial charge is 0.466 e. The lowest BCUT2D eigenvalue weighted by Gasteiger charge is -2.40. The fourth-order valence-electron chi connectivity index (χ4n) is 9.51. The summed E-state index contributed by atoms with van der Waals surface area (Å²) in [4.78, 5) is 25.0. The SMILES string of the molecule is CCCCC/C=C/CC/C=C/C(O)C(COC1OC(CO)C(O)C(O)C1O)NC(=O)CCCCCCCCCCCCCCCCCCCCCCCCCOC(=O)CCCCCCCCCCCCC. The van der Waals surface area contributed by atoms with Crippen molar-refractivity contribution < 1.29 is 49.3 Å². The van der Waals surface area contributed by atoms with Gasteiger partial charge in [-0.05, 0) is 44.9 Å². The van der Waals surface area contributed by atoms with Gasteiger partial charge in [0.2, 0.25) is 5.91 Å². The molecule has 1 amide bonds. The Balaban J connectivity index is 2.00. The minimum Gasteiger partial charge on any atom is -0.466 e. The molecule has 418 valence electrons. The van der Waals surface area contributed by atoms with Gasteiger partial charge < -0.3 is 45.1 Å². The van der Waals surface area contributed by atoms with Crippen LogP contribution in [0.4, 0.5) is 0 Å². The van der Waals surface area contributed by atoms with Crippen molar-refractivity contribution >= 4 is 11.9 Å². The average molecular weight is 1010 g/mol. The first-order valence-electron chi connectivity index (χ1n) is 30.1. The first-order valence-corrected chi connectivity index (χ1v) is 30.1. The molecule has 0 spiro atoms. The van der Waals surface area contributed by atoms with Crippen molar-refractivity contribution in [2.75, 3.05) is 19.8 Å². The standard InChI is InChI=1S/C60H113NO10/c1-3-5-7-9-11-13-27-32-36-40-44-48-56(65)69-49-45-41-37-33-29-26-24-22-20-18-16-14-15-17-19-21-23-25-28-31-35-39-43-47-55(64)61-52(53(63)46-42-38-34-30-12-10-8-6-4-2)51-70-60-59(68)58(67)57(66)54(50-62)71-60/h12,30,42,46,52-54,57-60,62-63,66-68H,3-11,13-29,31-41,43-45,47-51H2,1-2H3,(H,61,64)/b30-12+,46-42+. The van der Waals surface area contributed by atoms with Crippen LogP contribution in [0.2, 0.25) is 0 Å². The van der Waals surface area contributed by atoms with Crippen LogP contribution < -0.4 is 5.32 Å². The molecule has 0 aromatic heterocycles. The number of allylic oxidation sites excluding steroid dienone is 3. The lowest BCUT2D eigenvalue weighted by Crippen LogP contribution is -2.60. The third kappa shape index (κ3) is 40.2. The highest BCUT2D eigenvalue weighted by Crippen LogP contribution is 2.23. The van der Waals surface area contributed by atoms with E-state index in [9.17, 15) is 35.1 Å². The van der Waals surface area contributed by atoms with E-state index in [1.54, 1.807) is 6.08 Å². The van der Waals surface area contributed by atoms with Gasteiger partial charge in [0.05, 0.1) is 32.0 Å². The fraction of sp³-hybridized carbons (Fsp3) is 0.900. The van der Waals surface area contributed by atoms with Crippen molar-refractivity contribution in [1.29, 1.82) is 0 Å². The van der Waals surface area contributed by atoms with Gasteiger partial charge in [-0.15, -0.1) is 0 Å². The Morgan fingerprint density at radius 2 is 0.915 bits per heavy atom. The van der Waals surface area contributed by atoms with Crippen molar-refractivity contribution in [3.8, 4) is 0 Å². The Kier molecular flexibility index (Phi) is 47.6. The highest BCUT2D eigenvalue weighted by Gasteiger charge is 2.44. The molecule has 1 rings (SSSR count). The molecule has 1 heterocycles. The summed E-state index contributed by atoms with van der Waals surface area (Å²) in [7, 11) is 0. The summed E-state index contributed by atoms with van der Waals surface area (Å²) in [6, 6.07) is -0.825. The van der Waals surface area contributed by atoms with Gasteiger partial charge in [0, 0.05) is 12.8 Å². The van der Waals surface area contributed by atoms with E-state index in [4.69, 9.17) is 14.2 Å². The Hall–Kier alpha value is -1.86. The molecule has 11 nitrogen and oxygen atoms in total. The van der Waals surface area contributed by atoms with Crippen LogP contribution in [0.1, 0.15) is 284 Å². The molecular weight excluding hydrogens is 895 g/mol. The number of aliphatic hydroxyl groups excluding tert-OH is 5. The molecule has 0 aliphatic carbocycles. The van der Waals surface area contributed by atoms with Gasteiger partial charge in [0.25, 0.3) is 0 Å². The zero-order valence-corrected chi connectivity index (χ0v) is 45.9. The molecule has 1 aliphatic rings. The molecule has 0 aromatic rings. The van der Waals surface area contributed by atoms with Crippen LogP contribution in [-0.4, -0.2) is 100 Å². The number of unbranched alkanes of at least 4 members (excludes halogenated alkanes) is 36. The van der Waals surface area contributed by atoms with Crippen molar-refractivity contribution in [1.82, 2.24) is 5.32 Å². The van der Waals surface area contributed by atoms with E-state index in [2.05, 4.69) is 31.3 Å². The Morgan fingerprint density at radius 1 is 0.507 bits per heavy atom. The normalized spacial score (nSPS) is 19.2. The molecule has 7 unspecified atom stereocenters. The third-order valence-electron chi connectivity index (χ3n) is 14.3. The summed E-state index contributed by atoms with van der Waals surface area (Å²) in [5.74, 6) is -0.191. The smallest absolute Gasteiger partial charge is 0.305 e. The molecule has 0 aromatic carbocycles. The first kappa shape index (κ1) is 67.2. The summed E-state index contributed by atoms with van der Waals surface area (Å²) in [6.07, 6.45) is 50.1. The lowest BCUT2D eigenvalue weighted by molar-refractivity contribution is -0.302. The molecule has 1 saturated heterocycles. The Morgan fingerprint density at radius 3 is 1.39 bits per heavy atom. The van der Waals surface area contributed by atoms with Crippen LogP contribution in [0, 0.1) is 0 Å². The van der Waals surface area contributed by atoms with Crippen molar-refractivity contribution in [3.63, 3.8) is 0 Å². The number of ether oxygens (including phenoxy) is 3. The maximum absolute atomic E-state index is 13.0. The topological polar surface area (TPSA) is 175 Å². The van der Waals surface area contributed by atoms with Crippen molar-refractivity contribution in [2.24, 2.45) is 0 Å². The minimum absolute atomic E-state index is 0.00186. The second kappa shape index (κ2) is 50.3. The molecule has 71 heavy (non-hydrogen) atoms. The van der Waals surface area contributed by atoms with Crippen LogP contribution in [0.25, 0.3) is 0 Å². The summed E-state index contributed by atoms with van der Waals surface area (Å²) < 4.78 is 16.7. The molecule has 0 saturated carbocycles. The number of amides is 1. The molecular formula is C60H113NO10. The molecule has 1 fully saturated rings. The van der Waals surface area contributed by atoms with Gasteiger partial charge in [-0.2, -0.15) is 0 Å². The molecule has 1 aliphatic heterocycles.